The summed E-state index contributed by atoms with van der Waals surface area (Å²) in [7, 11) is -3.34. The van der Waals surface area contributed by atoms with E-state index in [0.717, 1.165) is 8.61 Å². The Kier molecular flexibility index (Phi) is 10.9. The van der Waals surface area contributed by atoms with Crippen LogP contribution < -0.4 is 9.47 Å². The Morgan fingerprint density at radius 1 is 0.625 bits per heavy atom. The van der Waals surface area contributed by atoms with E-state index in [1.54, 1.807) is 52.0 Å². The number of benzene rings is 2. The van der Waals surface area contributed by atoms with Gasteiger partial charge in [0.05, 0.1) is 22.2 Å². The molecule has 0 unspecified atom stereocenters. The smallest absolute Gasteiger partial charge is 0.408 e. The van der Waals surface area contributed by atoms with Crippen LogP contribution in [0.15, 0.2) is 58.6 Å². The fourth-order valence-electron chi connectivity index (χ4n) is 5.07. The molecule has 4 aromatic rings. The standard InChI is InChI=1S/C32H40N6O8S2/c1-9-37(10-2)31(39)45-29-23(47(41,42)35(5)6)19-21-15-13-17-33-27(21)25(29)26-28-22(16-14-18-34-28)20-24(48(43,44)36(7)8)30(26)46-32(40)38(11-3)12-4/h13-20H,9-12H2,1-8H3. The van der Waals surface area contributed by atoms with Crippen molar-refractivity contribution in [3.63, 3.8) is 0 Å². The fraction of sp³-hybridized carbons (Fsp3) is 0.375. The highest BCUT2D eigenvalue weighted by Crippen LogP contribution is 2.50. The molecule has 0 saturated heterocycles. The van der Waals surface area contributed by atoms with E-state index < -0.39 is 53.5 Å². The lowest BCUT2D eigenvalue weighted by Crippen LogP contribution is -2.34. The van der Waals surface area contributed by atoms with E-state index in [4.69, 9.17) is 9.47 Å². The number of rotatable bonds is 11. The Labute approximate surface area is 281 Å². The number of hydrogen-bond donors (Lipinski definition) is 0. The van der Waals surface area contributed by atoms with E-state index in [1.807, 2.05) is 0 Å². The molecule has 0 fully saturated rings. The monoisotopic (exact) mass is 700 g/mol. The van der Waals surface area contributed by atoms with Crippen LogP contribution in [-0.2, 0) is 20.0 Å². The molecule has 2 aromatic carbocycles. The van der Waals surface area contributed by atoms with E-state index in [-0.39, 0.29) is 48.3 Å². The summed E-state index contributed by atoms with van der Waals surface area (Å²) in [5, 5.41) is 0.642. The molecular formula is C32H40N6O8S2. The molecule has 0 spiro atoms. The van der Waals surface area contributed by atoms with E-state index >= 15 is 0 Å². The molecule has 16 heteroatoms. The van der Waals surface area contributed by atoms with Gasteiger partial charge in [-0.05, 0) is 52.0 Å². The molecule has 4 rings (SSSR count). The zero-order valence-corrected chi connectivity index (χ0v) is 29.8. The van der Waals surface area contributed by atoms with Crippen LogP contribution in [0.4, 0.5) is 9.59 Å². The van der Waals surface area contributed by atoms with Crippen molar-refractivity contribution in [1.82, 2.24) is 28.4 Å². The minimum atomic E-state index is -4.33. The van der Waals surface area contributed by atoms with Crippen LogP contribution in [0.1, 0.15) is 27.7 Å². The second kappa shape index (κ2) is 14.4. The van der Waals surface area contributed by atoms with Crippen LogP contribution in [0.25, 0.3) is 32.9 Å². The molecule has 2 amide bonds. The summed E-state index contributed by atoms with van der Waals surface area (Å²) in [6.45, 7) is 7.96. The van der Waals surface area contributed by atoms with E-state index in [1.165, 1.54) is 62.5 Å². The number of carbonyl (C=O) groups is 2. The molecule has 0 aliphatic carbocycles. The predicted molar refractivity (Wildman–Crippen MR) is 182 cm³/mol. The molecule has 258 valence electrons. The number of carbonyl (C=O) groups excluding carboxylic acids is 2. The van der Waals surface area contributed by atoms with Crippen LogP contribution >= 0.6 is 0 Å². The lowest BCUT2D eigenvalue weighted by atomic mass is 9.96. The fourth-order valence-corrected chi connectivity index (χ4v) is 7.17. The summed E-state index contributed by atoms with van der Waals surface area (Å²) < 4.78 is 69.8. The minimum Gasteiger partial charge on any atom is -0.408 e. The van der Waals surface area contributed by atoms with Gasteiger partial charge < -0.3 is 19.3 Å². The van der Waals surface area contributed by atoms with Crippen LogP contribution in [0.3, 0.4) is 0 Å². The highest BCUT2D eigenvalue weighted by atomic mass is 32.2. The summed E-state index contributed by atoms with van der Waals surface area (Å²) >= 11 is 0. The van der Waals surface area contributed by atoms with Gasteiger partial charge in [0.1, 0.15) is 9.79 Å². The normalized spacial score (nSPS) is 12.1. The minimum absolute atomic E-state index is 0.101. The summed E-state index contributed by atoms with van der Waals surface area (Å²) in [4.78, 5) is 38.2. The second-order valence-electron chi connectivity index (χ2n) is 11.0. The molecule has 2 heterocycles. The van der Waals surface area contributed by atoms with E-state index in [9.17, 15) is 26.4 Å². The van der Waals surface area contributed by atoms with Gasteiger partial charge in [0, 0.05) is 77.5 Å². The van der Waals surface area contributed by atoms with Gasteiger partial charge in [-0.2, -0.15) is 0 Å². The number of pyridine rings is 2. The van der Waals surface area contributed by atoms with Crippen molar-refractivity contribution in [2.24, 2.45) is 0 Å². The third-order valence-corrected chi connectivity index (χ3v) is 11.5. The highest BCUT2D eigenvalue weighted by molar-refractivity contribution is 7.89. The second-order valence-corrected chi connectivity index (χ2v) is 15.2. The zero-order chi connectivity index (χ0) is 35.6. The van der Waals surface area contributed by atoms with Crippen molar-refractivity contribution in [2.45, 2.75) is 37.5 Å². The Morgan fingerprint density at radius 3 is 1.25 bits per heavy atom. The summed E-state index contributed by atoms with van der Waals surface area (Å²) in [6, 6.07) is 9.12. The predicted octanol–water partition coefficient (Wildman–Crippen LogP) is 4.63. The average Bonchev–Trinajstić information content (AvgIpc) is 3.05. The van der Waals surface area contributed by atoms with Crippen molar-refractivity contribution >= 4 is 54.0 Å². The summed E-state index contributed by atoms with van der Waals surface area (Å²) in [6.07, 6.45) is 1.20. The first-order valence-electron chi connectivity index (χ1n) is 15.3. The Balaban J connectivity index is 2.36. The van der Waals surface area contributed by atoms with Gasteiger partial charge in [-0.15, -0.1) is 0 Å². The molecule has 14 nitrogen and oxygen atoms in total. The van der Waals surface area contributed by atoms with Crippen LogP contribution in [-0.4, -0.2) is 112 Å². The van der Waals surface area contributed by atoms with E-state index in [0.29, 0.717) is 10.8 Å². The number of amides is 2. The topological polar surface area (TPSA) is 160 Å². The molecule has 0 aliphatic heterocycles. The quantitative estimate of drug-likeness (QED) is 0.216. The average molecular weight is 701 g/mol. The first-order chi connectivity index (χ1) is 22.6. The third-order valence-electron chi connectivity index (χ3n) is 7.82. The Hall–Kier alpha value is -4.38. The van der Waals surface area contributed by atoms with Crippen molar-refractivity contribution < 1.29 is 35.9 Å². The van der Waals surface area contributed by atoms with Gasteiger partial charge in [0.15, 0.2) is 11.5 Å². The first kappa shape index (κ1) is 36.5. The number of hydrogen-bond acceptors (Lipinski definition) is 10. The van der Waals surface area contributed by atoms with E-state index in [2.05, 4.69) is 9.97 Å². The maximum absolute atomic E-state index is 14.0. The molecule has 2 aromatic heterocycles. The van der Waals surface area contributed by atoms with Crippen LogP contribution in [0.5, 0.6) is 11.5 Å². The molecule has 0 bridgehead atoms. The number of nitrogens with zero attached hydrogens (tertiary/aromatic N) is 6. The summed E-state index contributed by atoms with van der Waals surface area (Å²) in [5.41, 5.74) is 0.0832. The Morgan fingerprint density at radius 2 is 0.958 bits per heavy atom. The Bertz CT molecular complexity index is 1930. The third kappa shape index (κ3) is 6.65. The number of fused-ring (bicyclic) bond motifs is 2. The van der Waals surface area contributed by atoms with Crippen molar-refractivity contribution in [1.29, 1.82) is 0 Å². The number of ether oxygens (including phenoxy) is 2. The van der Waals surface area contributed by atoms with Gasteiger partial charge >= 0.3 is 12.2 Å². The maximum Gasteiger partial charge on any atom is 0.415 e. The molecule has 0 N–H and O–H groups in total. The molecule has 48 heavy (non-hydrogen) atoms. The molecule has 0 radical (unpaired) electrons. The van der Waals surface area contributed by atoms with Gasteiger partial charge in [0.25, 0.3) is 0 Å². The highest BCUT2D eigenvalue weighted by Gasteiger charge is 2.36. The lowest BCUT2D eigenvalue weighted by molar-refractivity contribution is 0.154. The number of sulfonamides is 2. The van der Waals surface area contributed by atoms with Crippen molar-refractivity contribution in [3.8, 4) is 22.6 Å². The summed E-state index contributed by atoms with van der Waals surface area (Å²) in [5.74, 6) is -0.864. The van der Waals surface area contributed by atoms with Gasteiger partial charge in [0.2, 0.25) is 20.0 Å². The number of aromatic nitrogens is 2. The molecule has 0 atom stereocenters. The van der Waals surface area contributed by atoms with Crippen LogP contribution in [0.2, 0.25) is 0 Å². The van der Waals surface area contributed by atoms with Gasteiger partial charge in [-0.3, -0.25) is 9.97 Å². The lowest BCUT2D eigenvalue weighted by Gasteiger charge is -2.26. The van der Waals surface area contributed by atoms with Crippen molar-refractivity contribution in [2.75, 3.05) is 54.4 Å². The molecule has 0 saturated carbocycles. The van der Waals surface area contributed by atoms with Gasteiger partial charge in [-0.25, -0.2) is 35.0 Å². The first-order valence-corrected chi connectivity index (χ1v) is 18.2. The zero-order valence-electron chi connectivity index (χ0n) is 28.2. The van der Waals surface area contributed by atoms with Gasteiger partial charge in [-0.1, -0.05) is 12.1 Å². The molecule has 0 aliphatic rings. The molecular weight excluding hydrogens is 661 g/mol. The SMILES string of the molecule is CCN(CC)C(=O)Oc1c(S(=O)(=O)N(C)C)cc2cccnc2c1-c1c(OC(=O)N(CC)CC)c(S(=O)(=O)N(C)C)cc2cccnc12. The van der Waals surface area contributed by atoms with Crippen molar-refractivity contribution in [3.05, 3.63) is 48.8 Å². The van der Waals surface area contributed by atoms with Crippen LogP contribution in [0, 0.1) is 0 Å². The maximum atomic E-state index is 14.0. The largest absolute Gasteiger partial charge is 0.415 e.